The van der Waals surface area contributed by atoms with E-state index in [2.05, 4.69) is 23.6 Å². The van der Waals surface area contributed by atoms with Gasteiger partial charge < -0.3 is 9.80 Å². The molecule has 0 aliphatic heterocycles. The van der Waals surface area contributed by atoms with Crippen LogP contribution in [0.3, 0.4) is 0 Å². The molecule has 0 radical (unpaired) electrons. The molecule has 0 N–H and O–H groups in total. The van der Waals surface area contributed by atoms with Crippen LogP contribution in [0.1, 0.15) is 24.2 Å². The normalized spacial score (nSPS) is 11.1. The Morgan fingerprint density at radius 2 is 1.95 bits per heavy atom. The molecule has 0 bridgehead atoms. The quantitative estimate of drug-likeness (QED) is 0.709. The van der Waals surface area contributed by atoms with Crippen molar-refractivity contribution in [2.75, 3.05) is 38.6 Å². The van der Waals surface area contributed by atoms with E-state index in [9.17, 15) is 9.18 Å². The Kier molecular flexibility index (Phi) is 5.96. The highest BCUT2D eigenvalue weighted by Gasteiger charge is 2.15. The summed E-state index contributed by atoms with van der Waals surface area (Å²) in [6.45, 7) is 6.67. The van der Waals surface area contributed by atoms with Crippen molar-refractivity contribution in [2.45, 2.75) is 13.8 Å². The van der Waals surface area contributed by atoms with E-state index in [1.165, 1.54) is 6.07 Å². The molecule has 3 nitrogen and oxygen atoms in total. The number of hydrogen-bond donors (Lipinski definition) is 0. The number of rotatable bonds is 7. The average molecular weight is 266 g/mol. The highest BCUT2D eigenvalue weighted by Crippen LogP contribution is 2.22. The van der Waals surface area contributed by atoms with Crippen LogP contribution in [0.25, 0.3) is 0 Å². The molecular weight excluding hydrogens is 243 g/mol. The Labute approximate surface area is 115 Å². The molecule has 0 atom stereocenters. The average Bonchev–Trinajstić information content (AvgIpc) is 2.33. The minimum absolute atomic E-state index is 0.155. The molecule has 0 fully saturated rings. The van der Waals surface area contributed by atoms with Gasteiger partial charge in [0.15, 0.2) is 6.29 Å². The van der Waals surface area contributed by atoms with E-state index in [-0.39, 0.29) is 5.56 Å². The zero-order valence-corrected chi connectivity index (χ0v) is 12.2. The molecule has 1 rings (SSSR count). The molecule has 0 unspecified atom stereocenters. The number of nitrogens with zero attached hydrogens (tertiary/aromatic N) is 2. The summed E-state index contributed by atoms with van der Waals surface area (Å²) in [4.78, 5) is 15.3. The van der Waals surface area contributed by atoms with E-state index in [0.29, 0.717) is 17.9 Å². The van der Waals surface area contributed by atoms with E-state index in [4.69, 9.17) is 0 Å². The fourth-order valence-corrected chi connectivity index (χ4v) is 1.99. The van der Waals surface area contributed by atoms with Crippen LogP contribution in [0.5, 0.6) is 0 Å². The second-order valence-electron chi connectivity index (χ2n) is 5.43. The molecule has 1 aromatic rings. The van der Waals surface area contributed by atoms with Crippen molar-refractivity contribution in [3.05, 3.63) is 29.6 Å². The maximum Gasteiger partial charge on any atom is 0.155 e. The summed E-state index contributed by atoms with van der Waals surface area (Å²) in [5, 5.41) is 0. The van der Waals surface area contributed by atoms with E-state index in [0.717, 1.165) is 19.6 Å². The molecule has 0 spiro atoms. The first kappa shape index (κ1) is 15.6. The Morgan fingerprint density at radius 1 is 1.26 bits per heavy atom. The summed E-state index contributed by atoms with van der Waals surface area (Å²) in [5.74, 6) is -0.00367. The predicted molar refractivity (Wildman–Crippen MR) is 77.4 cm³/mol. The third-order valence-corrected chi connectivity index (χ3v) is 2.89. The molecule has 0 saturated carbocycles. The predicted octanol–water partition coefficient (Wildman–Crippen LogP) is 2.66. The lowest BCUT2D eigenvalue weighted by Crippen LogP contribution is -2.35. The van der Waals surface area contributed by atoms with Gasteiger partial charge in [-0.15, -0.1) is 0 Å². The van der Waals surface area contributed by atoms with Crippen LogP contribution in [-0.2, 0) is 0 Å². The number of carbonyl (C=O) groups is 1. The molecule has 0 amide bonds. The van der Waals surface area contributed by atoms with E-state index < -0.39 is 5.82 Å². The van der Waals surface area contributed by atoms with Crippen molar-refractivity contribution >= 4 is 12.0 Å². The SMILES string of the molecule is CC(C)CN(CCN(C)C)c1cccc(F)c1C=O. The van der Waals surface area contributed by atoms with Gasteiger partial charge in [-0.2, -0.15) is 0 Å². The highest BCUT2D eigenvalue weighted by molar-refractivity contribution is 5.85. The summed E-state index contributed by atoms with van der Waals surface area (Å²) >= 11 is 0. The zero-order valence-electron chi connectivity index (χ0n) is 12.2. The zero-order chi connectivity index (χ0) is 14.4. The molecule has 0 aliphatic rings. The van der Waals surface area contributed by atoms with Crippen LogP contribution in [0.15, 0.2) is 18.2 Å². The smallest absolute Gasteiger partial charge is 0.155 e. The third-order valence-electron chi connectivity index (χ3n) is 2.89. The second kappa shape index (κ2) is 7.24. The van der Waals surface area contributed by atoms with Gasteiger partial charge in [0.2, 0.25) is 0 Å². The molecule has 0 aliphatic carbocycles. The monoisotopic (exact) mass is 266 g/mol. The standard InChI is InChI=1S/C15H23FN2O/c1-12(2)10-18(9-8-17(3)4)15-7-5-6-14(16)13(15)11-19/h5-7,11-12H,8-10H2,1-4H3. The number of benzene rings is 1. The Morgan fingerprint density at radius 3 is 2.47 bits per heavy atom. The minimum atomic E-state index is -0.453. The molecule has 0 aromatic heterocycles. The molecule has 1 aromatic carbocycles. The second-order valence-corrected chi connectivity index (χ2v) is 5.43. The van der Waals surface area contributed by atoms with Gasteiger partial charge >= 0.3 is 0 Å². The van der Waals surface area contributed by atoms with Crippen LogP contribution >= 0.6 is 0 Å². The number of anilines is 1. The van der Waals surface area contributed by atoms with Crippen LogP contribution in [-0.4, -0.2) is 44.9 Å². The lowest BCUT2D eigenvalue weighted by atomic mass is 10.1. The summed E-state index contributed by atoms with van der Waals surface area (Å²) in [7, 11) is 4.00. The van der Waals surface area contributed by atoms with Crippen LogP contribution in [0.4, 0.5) is 10.1 Å². The molecule has 0 saturated heterocycles. The lowest BCUT2D eigenvalue weighted by molar-refractivity contribution is 0.112. The van der Waals surface area contributed by atoms with E-state index in [1.54, 1.807) is 6.07 Å². The first-order valence-electron chi connectivity index (χ1n) is 6.59. The summed E-state index contributed by atoms with van der Waals surface area (Å²) < 4.78 is 13.7. The van der Waals surface area contributed by atoms with E-state index in [1.807, 2.05) is 20.2 Å². The first-order valence-corrected chi connectivity index (χ1v) is 6.59. The van der Waals surface area contributed by atoms with Crippen molar-refractivity contribution in [3.63, 3.8) is 0 Å². The van der Waals surface area contributed by atoms with Gasteiger partial charge in [0.1, 0.15) is 5.82 Å². The number of carbonyl (C=O) groups excluding carboxylic acids is 1. The Hall–Kier alpha value is -1.42. The van der Waals surface area contributed by atoms with Gasteiger partial charge in [-0.05, 0) is 32.1 Å². The molecule has 0 heterocycles. The van der Waals surface area contributed by atoms with Gasteiger partial charge in [-0.1, -0.05) is 19.9 Å². The number of hydrogen-bond acceptors (Lipinski definition) is 3. The number of likely N-dealkylation sites (N-methyl/N-ethyl adjacent to an activating group) is 1. The number of aldehydes is 1. The fourth-order valence-electron chi connectivity index (χ4n) is 1.99. The van der Waals surface area contributed by atoms with Crippen LogP contribution in [0, 0.1) is 11.7 Å². The topological polar surface area (TPSA) is 23.6 Å². The molecule has 19 heavy (non-hydrogen) atoms. The summed E-state index contributed by atoms with van der Waals surface area (Å²) in [5.41, 5.74) is 0.840. The van der Waals surface area contributed by atoms with Crippen LogP contribution in [0.2, 0.25) is 0 Å². The minimum Gasteiger partial charge on any atom is -0.369 e. The van der Waals surface area contributed by atoms with Crippen molar-refractivity contribution in [1.29, 1.82) is 0 Å². The van der Waals surface area contributed by atoms with Crippen molar-refractivity contribution in [3.8, 4) is 0 Å². The van der Waals surface area contributed by atoms with Crippen molar-refractivity contribution in [2.24, 2.45) is 5.92 Å². The van der Waals surface area contributed by atoms with E-state index >= 15 is 0 Å². The highest BCUT2D eigenvalue weighted by atomic mass is 19.1. The van der Waals surface area contributed by atoms with Crippen LogP contribution < -0.4 is 4.90 Å². The maximum absolute atomic E-state index is 13.7. The third kappa shape index (κ3) is 4.63. The first-order chi connectivity index (χ1) is 8.95. The lowest BCUT2D eigenvalue weighted by Gasteiger charge is -2.29. The summed E-state index contributed by atoms with van der Waals surface area (Å²) in [6.07, 6.45) is 0.605. The fraction of sp³-hybridized carbons (Fsp3) is 0.533. The molecular formula is C15H23FN2O. The Bertz CT molecular complexity index is 419. The Balaban J connectivity index is 3.02. The van der Waals surface area contributed by atoms with Gasteiger partial charge in [-0.25, -0.2) is 4.39 Å². The maximum atomic E-state index is 13.7. The largest absolute Gasteiger partial charge is 0.369 e. The van der Waals surface area contributed by atoms with Crippen molar-refractivity contribution < 1.29 is 9.18 Å². The number of halogens is 1. The van der Waals surface area contributed by atoms with Gasteiger partial charge in [0, 0.05) is 19.6 Å². The van der Waals surface area contributed by atoms with Gasteiger partial charge in [0.25, 0.3) is 0 Å². The van der Waals surface area contributed by atoms with Gasteiger partial charge in [-0.3, -0.25) is 4.79 Å². The molecule has 4 heteroatoms. The van der Waals surface area contributed by atoms with Gasteiger partial charge in [0.05, 0.1) is 11.3 Å². The van der Waals surface area contributed by atoms with Crippen molar-refractivity contribution in [1.82, 2.24) is 4.90 Å². The molecule has 106 valence electrons. The summed E-state index contributed by atoms with van der Waals surface area (Å²) in [6, 6.07) is 4.79.